The second-order valence-corrected chi connectivity index (χ2v) is 9.15. The molecular weight excluding hydrogens is 457 g/mol. The summed E-state index contributed by atoms with van der Waals surface area (Å²) in [4.78, 5) is 16.7. The normalized spacial score (nSPS) is 11.6. The maximum absolute atomic E-state index is 14.9. The van der Waals surface area contributed by atoms with Gasteiger partial charge >= 0.3 is 5.63 Å². The van der Waals surface area contributed by atoms with Crippen molar-refractivity contribution in [3.63, 3.8) is 0 Å². The monoisotopic (exact) mass is 474 g/mol. The van der Waals surface area contributed by atoms with Crippen molar-refractivity contribution in [2.75, 3.05) is 7.05 Å². The van der Waals surface area contributed by atoms with Crippen molar-refractivity contribution in [2.24, 2.45) is 0 Å². The van der Waals surface area contributed by atoms with Crippen LogP contribution in [-0.2, 0) is 16.6 Å². The fraction of sp³-hybridized carbons (Fsp3) is 0.143. The zero-order chi connectivity index (χ0) is 22.9. The molecule has 4 rings (SSSR count). The van der Waals surface area contributed by atoms with Crippen LogP contribution in [0.3, 0.4) is 0 Å². The number of thiazole rings is 1. The lowest BCUT2D eigenvalue weighted by Crippen LogP contribution is -2.16. The van der Waals surface area contributed by atoms with E-state index in [4.69, 9.17) is 9.15 Å². The molecule has 0 spiro atoms. The van der Waals surface area contributed by atoms with Crippen LogP contribution in [0.5, 0.6) is 10.9 Å². The van der Waals surface area contributed by atoms with E-state index in [2.05, 4.69) is 9.71 Å². The lowest BCUT2D eigenvalue weighted by atomic mass is 9.99. The van der Waals surface area contributed by atoms with Crippen molar-refractivity contribution >= 4 is 38.2 Å². The predicted octanol–water partition coefficient (Wildman–Crippen LogP) is 4.55. The van der Waals surface area contributed by atoms with Crippen LogP contribution in [0.15, 0.2) is 57.2 Å². The van der Waals surface area contributed by atoms with Crippen LogP contribution in [-0.4, -0.2) is 20.4 Å². The molecule has 1 N–H and O–H groups in total. The van der Waals surface area contributed by atoms with E-state index in [1.807, 2.05) is 4.72 Å². The van der Waals surface area contributed by atoms with Crippen molar-refractivity contribution in [3.8, 4) is 10.9 Å². The van der Waals surface area contributed by atoms with Crippen molar-refractivity contribution in [3.05, 3.63) is 85.6 Å². The quantitative estimate of drug-likeness (QED) is 0.393. The number of ether oxygens (including phenoxy) is 1. The lowest BCUT2D eigenvalue weighted by molar-refractivity contribution is 0.476. The van der Waals surface area contributed by atoms with Crippen LogP contribution in [0.4, 0.5) is 10.1 Å². The van der Waals surface area contributed by atoms with Crippen LogP contribution in [0, 0.1) is 12.7 Å². The fourth-order valence-electron chi connectivity index (χ4n) is 3.14. The summed E-state index contributed by atoms with van der Waals surface area (Å²) in [6, 6.07) is 9.26. The molecule has 0 aliphatic carbocycles. The van der Waals surface area contributed by atoms with Gasteiger partial charge in [0.05, 0.1) is 0 Å². The topological polar surface area (TPSA) is 113 Å². The number of aromatic nitrogens is 1. The number of hydrogen-bond donors (Lipinski definition) is 1. The Bertz CT molecular complexity index is 1450. The average Bonchev–Trinajstić information content (AvgIpc) is 3.26. The van der Waals surface area contributed by atoms with Gasteiger partial charge in [-0.3, -0.25) is 0 Å². The maximum atomic E-state index is 14.9. The van der Waals surface area contributed by atoms with E-state index in [1.165, 1.54) is 36.6 Å². The van der Waals surface area contributed by atoms with Gasteiger partial charge in [0.15, 0.2) is 10.2 Å². The molecule has 4 aromatic rings. The number of halogens is 1. The van der Waals surface area contributed by atoms with Gasteiger partial charge in [-0.25, -0.2) is 27.3 Å². The Labute approximate surface area is 186 Å². The molecule has 0 bridgehead atoms. The fourth-order valence-corrected chi connectivity index (χ4v) is 4.14. The molecule has 0 saturated carbocycles. The summed E-state index contributed by atoms with van der Waals surface area (Å²) in [6.45, 7) is 1.74. The summed E-state index contributed by atoms with van der Waals surface area (Å²) in [5.41, 5.74) is 0.376. The zero-order valence-corrected chi connectivity index (χ0v) is 18.6. The van der Waals surface area contributed by atoms with Crippen molar-refractivity contribution < 1.29 is 22.0 Å². The first-order valence-electron chi connectivity index (χ1n) is 9.35. The summed E-state index contributed by atoms with van der Waals surface area (Å²) in [6.07, 6.45) is 1.53. The second kappa shape index (κ2) is 8.69. The zero-order valence-electron chi connectivity index (χ0n) is 17.0. The standard InChI is InChI=1S/C21H17FN3O5S2/c1-12-15-7-6-14(29-21-24-8-9-31-21)11-18(15)30-20(26)16(12)10-13-4-3-5-17(19(13)22)25-32(27,28)23-2/h3-9,11,23H,10H2,1-2H3/q-1. The van der Waals surface area contributed by atoms with Gasteiger partial charge in [0.2, 0.25) is 0 Å². The van der Waals surface area contributed by atoms with Crippen molar-refractivity contribution in [2.45, 2.75) is 13.3 Å². The van der Waals surface area contributed by atoms with E-state index < -0.39 is 21.7 Å². The molecule has 0 fully saturated rings. The Morgan fingerprint density at radius 2 is 2.09 bits per heavy atom. The minimum atomic E-state index is -4.01. The van der Waals surface area contributed by atoms with Crippen LogP contribution >= 0.6 is 11.3 Å². The van der Waals surface area contributed by atoms with E-state index in [1.54, 1.807) is 36.7 Å². The van der Waals surface area contributed by atoms with Gasteiger partial charge in [-0.2, -0.15) is 0 Å². The number of rotatable bonds is 7. The molecule has 0 saturated heterocycles. The molecule has 2 heterocycles. The number of nitrogens with zero attached hydrogens (tertiary/aromatic N) is 2. The Morgan fingerprint density at radius 3 is 2.81 bits per heavy atom. The molecule has 0 aliphatic heterocycles. The molecule has 166 valence electrons. The molecule has 11 heteroatoms. The minimum Gasteiger partial charge on any atom is -0.561 e. The van der Waals surface area contributed by atoms with Crippen molar-refractivity contribution in [1.82, 2.24) is 9.71 Å². The third kappa shape index (κ3) is 4.49. The number of aryl methyl sites for hydroxylation is 1. The highest BCUT2D eigenvalue weighted by Gasteiger charge is 2.15. The average molecular weight is 475 g/mol. The van der Waals surface area contributed by atoms with E-state index in [-0.39, 0.29) is 23.2 Å². The van der Waals surface area contributed by atoms with Gasteiger partial charge < -0.3 is 13.9 Å². The molecule has 0 amide bonds. The van der Waals surface area contributed by atoms with Gasteiger partial charge in [-0.15, -0.1) is 0 Å². The highest BCUT2D eigenvalue weighted by molar-refractivity contribution is 7.92. The molecule has 0 radical (unpaired) electrons. The smallest absolute Gasteiger partial charge is 0.340 e. The van der Waals surface area contributed by atoms with E-state index >= 15 is 0 Å². The Balaban J connectivity index is 1.69. The third-order valence-corrected chi connectivity index (χ3v) is 6.38. The Morgan fingerprint density at radius 1 is 1.28 bits per heavy atom. The summed E-state index contributed by atoms with van der Waals surface area (Å²) in [5, 5.41) is 2.91. The minimum absolute atomic E-state index is 0.0870. The molecule has 0 unspecified atom stereocenters. The first-order chi connectivity index (χ1) is 15.3. The van der Waals surface area contributed by atoms with Crippen LogP contribution < -0.4 is 15.1 Å². The third-order valence-electron chi connectivity index (χ3n) is 4.78. The first-order valence-corrected chi connectivity index (χ1v) is 11.7. The van der Waals surface area contributed by atoms with Gasteiger partial charge in [-0.05, 0) is 37.2 Å². The summed E-state index contributed by atoms with van der Waals surface area (Å²) in [7, 11) is -2.84. The van der Waals surface area contributed by atoms with Gasteiger partial charge in [0.25, 0.3) is 5.19 Å². The van der Waals surface area contributed by atoms with Gasteiger partial charge in [0, 0.05) is 35.0 Å². The molecule has 2 aromatic carbocycles. The predicted molar refractivity (Wildman–Crippen MR) is 120 cm³/mol. The van der Waals surface area contributed by atoms with Gasteiger partial charge in [0.1, 0.15) is 17.1 Å². The first kappa shape index (κ1) is 21.9. The molecule has 0 atom stereocenters. The van der Waals surface area contributed by atoms with Gasteiger partial charge in [-0.1, -0.05) is 35.2 Å². The van der Waals surface area contributed by atoms with E-state index in [9.17, 15) is 17.6 Å². The number of hydrogen-bond acceptors (Lipinski definition) is 7. The SMILES string of the molecule is CNS(=O)(=O)[N-]c1cccc(Cc2c(C)c3ccc(Oc4nccs4)cc3oc2=O)c1F. The molecule has 0 aliphatic rings. The highest BCUT2D eigenvalue weighted by atomic mass is 32.2. The molecule has 2 aromatic heterocycles. The number of fused-ring (bicyclic) bond motifs is 1. The Hall–Kier alpha value is -3.28. The van der Waals surface area contributed by atoms with Crippen LogP contribution in [0.25, 0.3) is 15.7 Å². The lowest BCUT2D eigenvalue weighted by Gasteiger charge is -2.22. The Kier molecular flexibility index (Phi) is 5.96. The highest BCUT2D eigenvalue weighted by Crippen LogP contribution is 2.31. The summed E-state index contributed by atoms with van der Waals surface area (Å²) in [5.74, 6) is -0.355. The number of benzene rings is 2. The molecule has 32 heavy (non-hydrogen) atoms. The summed E-state index contributed by atoms with van der Waals surface area (Å²) >= 11 is 1.33. The second-order valence-electron chi connectivity index (χ2n) is 6.75. The largest absolute Gasteiger partial charge is 0.561 e. The van der Waals surface area contributed by atoms with Crippen LogP contribution in [0.1, 0.15) is 16.7 Å². The van der Waals surface area contributed by atoms with Crippen LogP contribution in [0.2, 0.25) is 0 Å². The molecular formula is C21H17FN3O5S2-. The number of nitrogens with one attached hydrogen (secondary N) is 1. The maximum Gasteiger partial charge on any atom is 0.340 e. The molecule has 8 nitrogen and oxygen atoms in total. The van der Waals surface area contributed by atoms with Crippen molar-refractivity contribution in [1.29, 1.82) is 0 Å². The van der Waals surface area contributed by atoms with E-state index in [0.717, 1.165) is 0 Å². The van der Waals surface area contributed by atoms with E-state index in [0.29, 0.717) is 27.5 Å². The summed E-state index contributed by atoms with van der Waals surface area (Å²) < 4.78 is 54.7.